The van der Waals surface area contributed by atoms with Gasteiger partial charge in [-0.05, 0) is 23.8 Å². The van der Waals surface area contributed by atoms with Gasteiger partial charge in [0.2, 0.25) is 11.7 Å². The summed E-state index contributed by atoms with van der Waals surface area (Å²) in [7, 11) is 0. The van der Waals surface area contributed by atoms with E-state index >= 15 is 0 Å². The fourth-order valence-electron chi connectivity index (χ4n) is 5.86. The number of carbonyl (C=O) groups is 5. The first kappa shape index (κ1) is 40.2. The van der Waals surface area contributed by atoms with Crippen molar-refractivity contribution >= 4 is 40.8 Å². The molecule has 8 atom stereocenters. The molecule has 0 spiro atoms. The van der Waals surface area contributed by atoms with Crippen LogP contribution in [0.15, 0.2) is 64.0 Å². The molecule has 1 fully saturated rings. The molecule has 294 valence electrons. The van der Waals surface area contributed by atoms with Crippen LogP contribution >= 0.6 is 0 Å². The van der Waals surface area contributed by atoms with Gasteiger partial charge in [-0.1, -0.05) is 18.2 Å². The standard InChI is InChI=1S/C37H38O18/c1-17(38)46-15-29-27(54-37-36(51-21(5)42)35(50-20(4)41)34(49-19(3)40)30(55-37)16-47-18(2)39)10-11-31(53-29)52-24-12-26(44)32-28(13-24)48-14-25(33(32)45)22-6-8-23(43)9-7-22/h6-14,27,29-31,34-37,43-44H,15-16H2,1-5H3. The van der Waals surface area contributed by atoms with Crippen LogP contribution in [0.4, 0.5) is 0 Å². The summed E-state index contributed by atoms with van der Waals surface area (Å²) >= 11 is 0. The Morgan fingerprint density at radius 2 is 1.31 bits per heavy atom. The van der Waals surface area contributed by atoms with Crippen LogP contribution in [0.1, 0.15) is 34.6 Å². The predicted molar refractivity (Wildman–Crippen MR) is 183 cm³/mol. The molecule has 3 heterocycles. The molecule has 0 amide bonds. The molecule has 0 bridgehead atoms. The summed E-state index contributed by atoms with van der Waals surface area (Å²) < 4.78 is 56.5. The van der Waals surface area contributed by atoms with Crippen molar-refractivity contribution in [2.24, 2.45) is 0 Å². The molecule has 8 unspecified atom stereocenters. The molecule has 0 radical (unpaired) electrons. The third-order valence-electron chi connectivity index (χ3n) is 8.08. The second-order valence-electron chi connectivity index (χ2n) is 12.4. The van der Waals surface area contributed by atoms with Crippen molar-refractivity contribution < 1.29 is 81.2 Å². The second-order valence-corrected chi connectivity index (χ2v) is 12.4. The number of hydrogen-bond acceptors (Lipinski definition) is 18. The van der Waals surface area contributed by atoms with Crippen LogP contribution in [0.5, 0.6) is 17.2 Å². The second kappa shape index (κ2) is 17.4. The van der Waals surface area contributed by atoms with Gasteiger partial charge < -0.3 is 57.3 Å². The molecule has 3 aromatic rings. The molecule has 2 aliphatic rings. The zero-order valence-electron chi connectivity index (χ0n) is 30.2. The van der Waals surface area contributed by atoms with Gasteiger partial charge in [0.15, 0.2) is 24.6 Å². The fraction of sp³-hybridized carbons (Fsp3) is 0.405. The minimum Gasteiger partial charge on any atom is -0.508 e. The predicted octanol–water partition coefficient (Wildman–Crippen LogP) is 2.56. The smallest absolute Gasteiger partial charge is 0.303 e. The number of benzene rings is 2. The van der Waals surface area contributed by atoms with Crippen LogP contribution in [0.2, 0.25) is 0 Å². The summed E-state index contributed by atoms with van der Waals surface area (Å²) in [6.07, 6.45) is -6.72. The molecule has 0 aliphatic carbocycles. The topological polar surface area (TPSA) is 239 Å². The van der Waals surface area contributed by atoms with E-state index < -0.39 is 103 Å². The highest BCUT2D eigenvalue weighted by Gasteiger charge is 2.53. The molecule has 2 N–H and O–H groups in total. The maximum atomic E-state index is 13.3. The highest BCUT2D eigenvalue weighted by Crippen LogP contribution is 2.34. The Labute approximate surface area is 312 Å². The number of fused-ring (bicyclic) bond motifs is 1. The van der Waals surface area contributed by atoms with E-state index in [9.17, 15) is 39.0 Å². The van der Waals surface area contributed by atoms with E-state index in [2.05, 4.69) is 0 Å². The minimum absolute atomic E-state index is 0.00576. The van der Waals surface area contributed by atoms with Crippen LogP contribution in [0.3, 0.4) is 0 Å². The molecule has 55 heavy (non-hydrogen) atoms. The van der Waals surface area contributed by atoms with E-state index in [1.807, 2.05) is 0 Å². The summed E-state index contributed by atoms with van der Waals surface area (Å²) in [5, 5.41) is 20.3. The van der Waals surface area contributed by atoms with Gasteiger partial charge in [0.25, 0.3) is 0 Å². The first-order chi connectivity index (χ1) is 26.1. The van der Waals surface area contributed by atoms with Crippen molar-refractivity contribution in [1.82, 2.24) is 0 Å². The largest absolute Gasteiger partial charge is 0.508 e. The Kier molecular flexibility index (Phi) is 12.8. The SMILES string of the molecule is CC(=O)OCC1OC(Oc2cc(O)c3c(=O)c(-c4ccc(O)cc4)coc3c2)C=CC1OC1OC(COC(C)=O)C(OC(C)=O)C(OC(C)=O)C1OC(C)=O. The molecular weight excluding hydrogens is 732 g/mol. The first-order valence-electron chi connectivity index (χ1n) is 16.8. The van der Waals surface area contributed by atoms with E-state index in [-0.39, 0.29) is 28.0 Å². The molecule has 2 aromatic carbocycles. The van der Waals surface area contributed by atoms with Gasteiger partial charge in [-0.25, -0.2) is 0 Å². The Morgan fingerprint density at radius 3 is 1.93 bits per heavy atom. The molecule has 0 saturated carbocycles. The van der Waals surface area contributed by atoms with Crippen molar-refractivity contribution in [3.63, 3.8) is 0 Å². The van der Waals surface area contributed by atoms with E-state index in [1.165, 1.54) is 61.7 Å². The average molecular weight is 771 g/mol. The quantitative estimate of drug-likeness (QED) is 0.153. The lowest BCUT2D eigenvalue weighted by Gasteiger charge is -2.45. The Bertz CT molecular complexity index is 2000. The lowest BCUT2D eigenvalue weighted by molar-refractivity contribution is -0.322. The van der Waals surface area contributed by atoms with Crippen LogP contribution < -0.4 is 10.2 Å². The number of ether oxygens (including phenoxy) is 9. The summed E-state index contributed by atoms with van der Waals surface area (Å²) in [4.78, 5) is 73.4. The van der Waals surface area contributed by atoms with Crippen LogP contribution in [0, 0.1) is 0 Å². The minimum atomic E-state index is -1.58. The van der Waals surface area contributed by atoms with Gasteiger partial charge in [-0.3, -0.25) is 28.8 Å². The number of hydrogen-bond donors (Lipinski definition) is 2. The molecule has 2 aliphatic heterocycles. The van der Waals surface area contributed by atoms with Crippen molar-refractivity contribution in [1.29, 1.82) is 0 Å². The summed E-state index contributed by atoms with van der Waals surface area (Å²) in [5.74, 6) is -4.29. The summed E-state index contributed by atoms with van der Waals surface area (Å²) in [6.45, 7) is 4.66. The van der Waals surface area contributed by atoms with Crippen LogP contribution in [0.25, 0.3) is 22.1 Å². The van der Waals surface area contributed by atoms with E-state index in [0.717, 1.165) is 27.7 Å². The van der Waals surface area contributed by atoms with E-state index in [1.54, 1.807) is 0 Å². The molecular formula is C37H38O18. The lowest BCUT2D eigenvalue weighted by Crippen LogP contribution is -2.63. The zero-order chi connectivity index (χ0) is 40.0. The molecule has 18 heteroatoms. The van der Waals surface area contributed by atoms with Gasteiger partial charge in [-0.15, -0.1) is 0 Å². The van der Waals surface area contributed by atoms with Gasteiger partial charge in [0, 0.05) is 46.8 Å². The Morgan fingerprint density at radius 1 is 0.709 bits per heavy atom. The number of rotatable bonds is 12. The number of phenolic OH excluding ortho intramolecular Hbond substituents is 2. The molecule has 18 nitrogen and oxygen atoms in total. The number of phenols is 2. The zero-order valence-corrected chi connectivity index (χ0v) is 30.2. The van der Waals surface area contributed by atoms with Gasteiger partial charge in [0.05, 0.1) is 5.56 Å². The summed E-state index contributed by atoms with van der Waals surface area (Å²) in [5.41, 5.74) is 0.0523. The van der Waals surface area contributed by atoms with Gasteiger partial charge >= 0.3 is 29.8 Å². The monoisotopic (exact) mass is 770 g/mol. The lowest BCUT2D eigenvalue weighted by atomic mass is 9.97. The van der Waals surface area contributed by atoms with Crippen molar-refractivity contribution in [2.75, 3.05) is 13.2 Å². The first-order valence-corrected chi connectivity index (χ1v) is 16.8. The number of aromatic hydroxyl groups is 2. The fourth-order valence-corrected chi connectivity index (χ4v) is 5.86. The Balaban J connectivity index is 1.42. The average Bonchev–Trinajstić information content (AvgIpc) is 3.09. The third-order valence-corrected chi connectivity index (χ3v) is 8.08. The number of esters is 5. The highest BCUT2D eigenvalue weighted by atomic mass is 16.8. The maximum absolute atomic E-state index is 13.3. The molecule has 1 aromatic heterocycles. The normalized spacial score (nSPS) is 24.7. The number of carbonyl (C=O) groups excluding carboxylic acids is 5. The van der Waals surface area contributed by atoms with Crippen LogP contribution in [-0.4, -0.2) is 102 Å². The highest BCUT2D eigenvalue weighted by molar-refractivity contribution is 5.88. The van der Waals surface area contributed by atoms with Crippen molar-refractivity contribution in [3.05, 3.63) is 65.0 Å². The van der Waals surface area contributed by atoms with Gasteiger partial charge in [-0.2, -0.15) is 0 Å². The van der Waals surface area contributed by atoms with Crippen molar-refractivity contribution in [2.45, 2.75) is 83.8 Å². The maximum Gasteiger partial charge on any atom is 0.303 e. The molecule has 5 rings (SSSR count). The van der Waals surface area contributed by atoms with Crippen LogP contribution in [-0.2, 0) is 61.9 Å². The molecule has 1 saturated heterocycles. The Hall–Kier alpha value is -5.98. The third kappa shape index (κ3) is 10.2. The van der Waals surface area contributed by atoms with Gasteiger partial charge in [0.1, 0.15) is 66.0 Å². The van der Waals surface area contributed by atoms with E-state index in [0.29, 0.717) is 5.56 Å². The van der Waals surface area contributed by atoms with Crippen molar-refractivity contribution in [3.8, 4) is 28.4 Å². The summed E-state index contributed by atoms with van der Waals surface area (Å²) in [6, 6.07) is 8.39. The van der Waals surface area contributed by atoms with E-state index in [4.69, 9.17) is 47.0 Å².